The van der Waals surface area contributed by atoms with Crippen LogP contribution in [0.4, 0.5) is 0 Å². The molecule has 14 heavy (non-hydrogen) atoms. The third kappa shape index (κ3) is 1.89. The molecule has 0 atom stereocenters. The van der Waals surface area contributed by atoms with Gasteiger partial charge in [-0.25, -0.2) is 0 Å². The van der Waals surface area contributed by atoms with Crippen LogP contribution in [-0.2, 0) is 4.79 Å². The van der Waals surface area contributed by atoms with Crippen LogP contribution in [0.5, 0.6) is 0 Å². The average molecular weight is 194 g/mol. The van der Waals surface area contributed by atoms with Gasteiger partial charge in [-0.1, -0.05) is 19.8 Å². The highest BCUT2D eigenvalue weighted by molar-refractivity contribution is 5.85. The van der Waals surface area contributed by atoms with Gasteiger partial charge in [0.1, 0.15) is 5.41 Å². The molecule has 0 heterocycles. The first-order valence-electron chi connectivity index (χ1n) is 5.33. The molecular weight excluding hydrogens is 176 g/mol. The molecule has 0 aromatic heterocycles. The third-order valence-electron chi connectivity index (χ3n) is 2.99. The second kappa shape index (κ2) is 4.45. The van der Waals surface area contributed by atoms with Gasteiger partial charge in [0, 0.05) is 13.6 Å². The molecular formula is C11H18N2O. The van der Waals surface area contributed by atoms with Crippen molar-refractivity contribution in [1.29, 1.82) is 5.26 Å². The van der Waals surface area contributed by atoms with E-state index in [1.165, 1.54) is 0 Å². The van der Waals surface area contributed by atoms with E-state index >= 15 is 0 Å². The Kier molecular flexibility index (Phi) is 3.51. The fraction of sp³-hybridized carbons (Fsp3) is 0.818. The second-order valence-electron chi connectivity index (χ2n) is 4.13. The molecule has 0 N–H and O–H groups in total. The Labute approximate surface area is 85.7 Å². The van der Waals surface area contributed by atoms with Crippen LogP contribution in [0.3, 0.4) is 0 Å². The number of nitrogens with zero attached hydrogens (tertiary/aromatic N) is 2. The molecule has 1 amide bonds. The summed E-state index contributed by atoms with van der Waals surface area (Å²) in [7, 11) is 1.79. The van der Waals surface area contributed by atoms with E-state index in [0.29, 0.717) is 0 Å². The molecule has 1 rings (SSSR count). The van der Waals surface area contributed by atoms with E-state index in [1.807, 2.05) is 6.92 Å². The summed E-state index contributed by atoms with van der Waals surface area (Å²) in [5, 5.41) is 9.11. The minimum absolute atomic E-state index is 0.0272. The zero-order valence-corrected chi connectivity index (χ0v) is 9.05. The first-order valence-corrected chi connectivity index (χ1v) is 5.33. The second-order valence-corrected chi connectivity index (χ2v) is 4.13. The number of hydrogen-bond acceptors (Lipinski definition) is 2. The summed E-state index contributed by atoms with van der Waals surface area (Å²) in [6, 6.07) is 2.23. The fourth-order valence-corrected chi connectivity index (χ4v) is 2.15. The lowest BCUT2D eigenvalue weighted by molar-refractivity contribution is -0.137. The number of carbonyl (C=O) groups excluding carboxylic acids is 1. The summed E-state index contributed by atoms with van der Waals surface area (Å²) in [5.41, 5.74) is -0.691. The molecule has 0 bridgehead atoms. The molecule has 0 radical (unpaired) electrons. The van der Waals surface area contributed by atoms with Crippen LogP contribution in [0.2, 0.25) is 0 Å². The topological polar surface area (TPSA) is 44.1 Å². The van der Waals surface area contributed by atoms with Gasteiger partial charge in [0.25, 0.3) is 0 Å². The van der Waals surface area contributed by atoms with Gasteiger partial charge < -0.3 is 4.90 Å². The summed E-state index contributed by atoms with van der Waals surface area (Å²) < 4.78 is 0. The van der Waals surface area contributed by atoms with Gasteiger partial charge in [0.2, 0.25) is 5.91 Å². The van der Waals surface area contributed by atoms with Crippen molar-refractivity contribution >= 4 is 5.91 Å². The summed E-state index contributed by atoms with van der Waals surface area (Å²) >= 11 is 0. The molecule has 1 fully saturated rings. The summed E-state index contributed by atoms with van der Waals surface area (Å²) in [4.78, 5) is 13.7. The average Bonchev–Trinajstić information content (AvgIpc) is 2.66. The van der Waals surface area contributed by atoms with Crippen molar-refractivity contribution in [3.05, 3.63) is 0 Å². The molecule has 78 valence electrons. The lowest BCUT2D eigenvalue weighted by atomic mass is 9.86. The summed E-state index contributed by atoms with van der Waals surface area (Å²) in [5.74, 6) is 0.0272. The van der Waals surface area contributed by atoms with E-state index in [2.05, 4.69) is 6.07 Å². The van der Waals surface area contributed by atoms with Gasteiger partial charge in [-0.05, 0) is 19.3 Å². The van der Waals surface area contributed by atoms with Crippen molar-refractivity contribution in [3.63, 3.8) is 0 Å². The SMILES string of the molecule is CCCN(C)C(=O)C1(C#N)CCCC1. The van der Waals surface area contributed by atoms with Crippen LogP contribution in [0.15, 0.2) is 0 Å². The van der Waals surface area contributed by atoms with Crippen molar-refractivity contribution in [2.24, 2.45) is 5.41 Å². The van der Waals surface area contributed by atoms with E-state index in [9.17, 15) is 4.79 Å². The Morgan fingerprint density at radius 3 is 2.50 bits per heavy atom. The van der Waals surface area contributed by atoms with Crippen molar-refractivity contribution < 1.29 is 4.79 Å². The van der Waals surface area contributed by atoms with Crippen LogP contribution < -0.4 is 0 Å². The Hall–Kier alpha value is -1.04. The van der Waals surface area contributed by atoms with Gasteiger partial charge in [-0.3, -0.25) is 4.79 Å². The maximum absolute atomic E-state index is 12.0. The summed E-state index contributed by atoms with van der Waals surface area (Å²) in [6.07, 6.45) is 4.47. The standard InChI is InChI=1S/C11H18N2O/c1-3-8-13(2)10(14)11(9-12)6-4-5-7-11/h3-8H2,1-2H3. The van der Waals surface area contributed by atoms with Crippen LogP contribution >= 0.6 is 0 Å². The Morgan fingerprint density at radius 1 is 1.50 bits per heavy atom. The molecule has 0 aromatic rings. The van der Waals surface area contributed by atoms with Gasteiger partial charge in [0.05, 0.1) is 6.07 Å². The lowest BCUT2D eigenvalue weighted by Crippen LogP contribution is -2.40. The molecule has 0 aromatic carbocycles. The van der Waals surface area contributed by atoms with Crippen molar-refractivity contribution in [1.82, 2.24) is 4.90 Å². The van der Waals surface area contributed by atoms with Crippen LogP contribution in [-0.4, -0.2) is 24.4 Å². The molecule has 1 aliphatic carbocycles. The van der Waals surface area contributed by atoms with E-state index in [0.717, 1.165) is 38.6 Å². The lowest BCUT2D eigenvalue weighted by Gasteiger charge is -2.26. The highest BCUT2D eigenvalue weighted by atomic mass is 16.2. The molecule has 0 aliphatic heterocycles. The first kappa shape index (κ1) is 11.0. The number of amides is 1. The zero-order chi connectivity index (χ0) is 10.6. The van der Waals surface area contributed by atoms with E-state index in [-0.39, 0.29) is 5.91 Å². The maximum Gasteiger partial charge on any atom is 0.242 e. The predicted octanol–water partition coefficient (Wildman–Crippen LogP) is 1.94. The highest BCUT2D eigenvalue weighted by Gasteiger charge is 2.42. The van der Waals surface area contributed by atoms with E-state index < -0.39 is 5.41 Å². The van der Waals surface area contributed by atoms with E-state index in [4.69, 9.17) is 5.26 Å². The van der Waals surface area contributed by atoms with Gasteiger partial charge in [-0.2, -0.15) is 5.26 Å². The fourth-order valence-electron chi connectivity index (χ4n) is 2.15. The van der Waals surface area contributed by atoms with Crippen LogP contribution in [0.1, 0.15) is 39.0 Å². The Morgan fingerprint density at radius 2 is 2.07 bits per heavy atom. The van der Waals surface area contributed by atoms with Crippen molar-refractivity contribution in [2.75, 3.05) is 13.6 Å². The predicted molar refractivity (Wildman–Crippen MR) is 54.4 cm³/mol. The quantitative estimate of drug-likeness (QED) is 0.689. The molecule has 3 heteroatoms. The summed E-state index contributed by atoms with van der Waals surface area (Å²) in [6.45, 7) is 2.79. The first-order chi connectivity index (χ1) is 6.66. The van der Waals surface area contributed by atoms with Gasteiger partial charge in [-0.15, -0.1) is 0 Å². The molecule has 0 spiro atoms. The van der Waals surface area contributed by atoms with Gasteiger partial charge in [0.15, 0.2) is 0 Å². The minimum Gasteiger partial charge on any atom is -0.344 e. The third-order valence-corrected chi connectivity index (χ3v) is 2.99. The van der Waals surface area contributed by atoms with Gasteiger partial charge >= 0.3 is 0 Å². The molecule has 0 saturated heterocycles. The normalized spacial score (nSPS) is 18.9. The Balaban J connectivity index is 2.70. The number of nitriles is 1. The monoisotopic (exact) mass is 194 g/mol. The molecule has 1 aliphatic rings. The zero-order valence-electron chi connectivity index (χ0n) is 9.05. The smallest absolute Gasteiger partial charge is 0.242 e. The minimum atomic E-state index is -0.691. The van der Waals surface area contributed by atoms with Crippen LogP contribution in [0.25, 0.3) is 0 Å². The van der Waals surface area contributed by atoms with E-state index in [1.54, 1.807) is 11.9 Å². The van der Waals surface area contributed by atoms with Crippen LogP contribution in [0, 0.1) is 16.7 Å². The Bertz CT molecular complexity index is 249. The molecule has 1 saturated carbocycles. The number of hydrogen-bond donors (Lipinski definition) is 0. The highest BCUT2D eigenvalue weighted by Crippen LogP contribution is 2.38. The maximum atomic E-state index is 12.0. The molecule has 3 nitrogen and oxygen atoms in total. The largest absolute Gasteiger partial charge is 0.344 e. The van der Waals surface area contributed by atoms with Crippen molar-refractivity contribution in [3.8, 4) is 6.07 Å². The molecule has 0 unspecified atom stereocenters. The number of carbonyl (C=O) groups is 1. The van der Waals surface area contributed by atoms with Crippen molar-refractivity contribution in [2.45, 2.75) is 39.0 Å². The number of rotatable bonds is 3.